The van der Waals surface area contributed by atoms with E-state index in [-0.39, 0.29) is 0 Å². The maximum absolute atomic E-state index is 3.85. The lowest BCUT2D eigenvalue weighted by Gasteiger charge is -2.18. The summed E-state index contributed by atoms with van der Waals surface area (Å²) in [5, 5.41) is 2.77. The second-order valence-electron chi connectivity index (χ2n) is 5.17. The van der Waals surface area contributed by atoms with Gasteiger partial charge in [-0.2, -0.15) is 0 Å². The quantitative estimate of drug-likeness (QED) is 0.660. The molecule has 2 aromatic rings. The van der Waals surface area contributed by atoms with Crippen molar-refractivity contribution in [2.24, 2.45) is 0 Å². The van der Waals surface area contributed by atoms with Crippen LogP contribution in [0.2, 0.25) is 0 Å². The van der Waals surface area contributed by atoms with E-state index < -0.39 is 0 Å². The van der Waals surface area contributed by atoms with E-state index in [1.807, 2.05) is 12.2 Å². The van der Waals surface area contributed by atoms with Gasteiger partial charge in [0.25, 0.3) is 0 Å². The van der Waals surface area contributed by atoms with E-state index in [2.05, 4.69) is 49.6 Å². The molecular formula is C19H18. The van der Waals surface area contributed by atoms with Crippen LogP contribution in [0.5, 0.6) is 0 Å². The van der Waals surface area contributed by atoms with Crippen LogP contribution >= 0.6 is 0 Å². The van der Waals surface area contributed by atoms with Crippen LogP contribution in [0.15, 0.2) is 61.2 Å². The van der Waals surface area contributed by atoms with E-state index in [0.717, 1.165) is 19.3 Å². The van der Waals surface area contributed by atoms with Gasteiger partial charge in [0.2, 0.25) is 0 Å². The molecule has 0 heteroatoms. The Morgan fingerprint density at radius 2 is 1.89 bits per heavy atom. The Morgan fingerprint density at radius 3 is 2.68 bits per heavy atom. The molecule has 0 saturated heterocycles. The highest BCUT2D eigenvalue weighted by Gasteiger charge is 2.13. The lowest BCUT2D eigenvalue weighted by Crippen LogP contribution is -2.00. The molecule has 0 unspecified atom stereocenters. The van der Waals surface area contributed by atoms with Crippen molar-refractivity contribution < 1.29 is 0 Å². The summed E-state index contributed by atoms with van der Waals surface area (Å²) in [5.41, 5.74) is 5.58. The zero-order valence-electron chi connectivity index (χ0n) is 11.2. The van der Waals surface area contributed by atoms with Gasteiger partial charge in [0.15, 0.2) is 0 Å². The molecule has 0 aromatic heterocycles. The Balaban J connectivity index is 2.23. The van der Waals surface area contributed by atoms with Crippen LogP contribution < -0.4 is 0 Å². The summed E-state index contributed by atoms with van der Waals surface area (Å²) >= 11 is 0. The first-order valence-electron chi connectivity index (χ1n) is 6.77. The highest BCUT2D eigenvalue weighted by atomic mass is 14.2. The molecule has 1 aliphatic carbocycles. The topological polar surface area (TPSA) is 0 Å². The summed E-state index contributed by atoms with van der Waals surface area (Å²) < 4.78 is 0. The molecular weight excluding hydrogens is 228 g/mol. The predicted octanol–water partition coefficient (Wildman–Crippen LogP) is 5.08. The first-order valence-corrected chi connectivity index (χ1v) is 6.77. The van der Waals surface area contributed by atoms with Crippen molar-refractivity contribution in [3.63, 3.8) is 0 Å². The van der Waals surface area contributed by atoms with Gasteiger partial charge in [0, 0.05) is 0 Å². The SMILES string of the molecule is C=CCC1=Cc2cc(CC=C)cc3cccc(c23)C1. The van der Waals surface area contributed by atoms with E-state index >= 15 is 0 Å². The fourth-order valence-electron chi connectivity index (χ4n) is 2.98. The molecule has 0 amide bonds. The highest BCUT2D eigenvalue weighted by Crippen LogP contribution is 2.33. The molecule has 19 heavy (non-hydrogen) atoms. The first-order chi connectivity index (χ1) is 9.31. The second-order valence-corrected chi connectivity index (χ2v) is 5.17. The van der Waals surface area contributed by atoms with E-state index in [9.17, 15) is 0 Å². The predicted molar refractivity (Wildman–Crippen MR) is 84.3 cm³/mol. The molecule has 0 nitrogen and oxygen atoms in total. The number of hydrogen-bond donors (Lipinski definition) is 0. The van der Waals surface area contributed by atoms with Crippen molar-refractivity contribution in [1.82, 2.24) is 0 Å². The Morgan fingerprint density at radius 1 is 1.05 bits per heavy atom. The number of allylic oxidation sites excluding steroid dienone is 3. The number of hydrogen-bond acceptors (Lipinski definition) is 0. The standard InChI is InChI=1S/C19H18/c1-3-6-14-10-16-8-5-9-17-11-15(7-4-2)13-18(12-14)19(16)17/h3-5,8-10,12-13H,1-2,6-7,11H2. The summed E-state index contributed by atoms with van der Waals surface area (Å²) in [6, 6.07) is 11.2. The smallest absolute Gasteiger partial charge is 0.00543 e. The Bertz CT molecular complexity index is 686. The van der Waals surface area contributed by atoms with Crippen molar-refractivity contribution in [2.75, 3.05) is 0 Å². The van der Waals surface area contributed by atoms with E-state index in [1.165, 1.54) is 33.0 Å². The fraction of sp³-hybridized carbons (Fsp3) is 0.158. The Kier molecular flexibility index (Phi) is 3.08. The van der Waals surface area contributed by atoms with Crippen molar-refractivity contribution >= 4 is 16.8 Å². The number of benzene rings is 2. The van der Waals surface area contributed by atoms with Gasteiger partial charge < -0.3 is 0 Å². The van der Waals surface area contributed by atoms with E-state index in [0.29, 0.717) is 0 Å². The largest absolute Gasteiger partial charge is 0.103 e. The van der Waals surface area contributed by atoms with Crippen LogP contribution in [0.1, 0.15) is 23.1 Å². The number of rotatable bonds is 4. The highest BCUT2D eigenvalue weighted by molar-refractivity contribution is 5.96. The Hall–Kier alpha value is -2.08. The molecule has 0 N–H and O–H groups in total. The van der Waals surface area contributed by atoms with Gasteiger partial charge in [-0.25, -0.2) is 0 Å². The molecule has 2 aromatic carbocycles. The summed E-state index contributed by atoms with van der Waals surface area (Å²) in [7, 11) is 0. The zero-order chi connectivity index (χ0) is 13.2. The van der Waals surface area contributed by atoms with E-state index in [1.54, 1.807) is 0 Å². The lowest BCUT2D eigenvalue weighted by molar-refractivity contribution is 1.08. The summed E-state index contributed by atoms with van der Waals surface area (Å²) in [5.74, 6) is 0. The molecule has 94 valence electrons. The minimum Gasteiger partial charge on any atom is -0.103 e. The maximum atomic E-state index is 3.85. The molecule has 0 spiro atoms. The minimum absolute atomic E-state index is 0.928. The molecule has 0 fully saturated rings. The van der Waals surface area contributed by atoms with Crippen molar-refractivity contribution in [3.05, 3.63) is 77.9 Å². The fourth-order valence-corrected chi connectivity index (χ4v) is 2.98. The van der Waals surface area contributed by atoms with E-state index in [4.69, 9.17) is 0 Å². The van der Waals surface area contributed by atoms with Crippen LogP contribution in [0.25, 0.3) is 16.8 Å². The maximum Gasteiger partial charge on any atom is -0.00543 e. The van der Waals surface area contributed by atoms with Gasteiger partial charge in [-0.15, -0.1) is 13.2 Å². The second kappa shape index (κ2) is 4.89. The minimum atomic E-state index is 0.928. The van der Waals surface area contributed by atoms with Crippen LogP contribution in [0.3, 0.4) is 0 Å². The van der Waals surface area contributed by atoms with Crippen LogP contribution in [0, 0.1) is 0 Å². The van der Waals surface area contributed by atoms with Gasteiger partial charge in [-0.1, -0.05) is 54.1 Å². The normalized spacial score (nSPS) is 13.2. The summed E-state index contributed by atoms with van der Waals surface area (Å²) in [4.78, 5) is 0. The average molecular weight is 246 g/mol. The third-order valence-electron chi connectivity index (χ3n) is 3.72. The molecule has 1 aliphatic rings. The molecule has 0 radical (unpaired) electrons. The van der Waals surface area contributed by atoms with Crippen molar-refractivity contribution in [1.29, 1.82) is 0 Å². The van der Waals surface area contributed by atoms with Crippen LogP contribution in [-0.4, -0.2) is 0 Å². The third kappa shape index (κ3) is 2.15. The lowest BCUT2D eigenvalue weighted by atomic mass is 9.86. The molecule has 0 heterocycles. The third-order valence-corrected chi connectivity index (χ3v) is 3.72. The zero-order valence-corrected chi connectivity index (χ0v) is 11.2. The molecule has 0 bridgehead atoms. The van der Waals surface area contributed by atoms with Gasteiger partial charge in [-0.05, 0) is 46.7 Å². The molecule has 3 rings (SSSR count). The Labute approximate surface area is 114 Å². The monoisotopic (exact) mass is 246 g/mol. The molecule has 0 aliphatic heterocycles. The summed E-state index contributed by atoms with van der Waals surface area (Å²) in [6.07, 6.45) is 9.25. The molecule has 0 saturated carbocycles. The average Bonchev–Trinajstić information content (AvgIpc) is 2.39. The van der Waals surface area contributed by atoms with Crippen molar-refractivity contribution in [3.8, 4) is 0 Å². The van der Waals surface area contributed by atoms with Crippen LogP contribution in [-0.2, 0) is 12.8 Å². The van der Waals surface area contributed by atoms with Gasteiger partial charge in [0.05, 0.1) is 0 Å². The van der Waals surface area contributed by atoms with Gasteiger partial charge in [-0.3, -0.25) is 0 Å². The first kappa shape index (κ1) is 12.0. The van der Waals surface area contributed by atoms with Crippen molar-refractivity contribution in [2.45, 2.75) is 19.3 Å². The van der Waals surface area contributed by atoms with Gasteiger partial charge >= 0.3 is 0 Å². The summed E-state index contributed by atoms with van der Waals surface area (Å²) in [6.45, 7) is 7.69. The molecule has 0 atom stereocenters. The van der Waals surface area contributed by atoms with Crippen LogP contribution in [0.4, 0.5) is 0 Å². The van der Waals surface area contributed by atoms with Gasteiger partial charge in [0.1, 0.15) is 0 Å².